The Morgan fingerprint density at radius 1 is 1.04 bits per heavy atom. The fourth-order valence-corrected chi connectivity index (χ4v) is 1.96. The van der Waals surface area contributed by atoms with E-state index in [1.807, 2.05) is 68.4 Å². The van der Waals surface area contributed by atoms with E-state index in [0.717, 1.165) is 16.9 Å². The summed E-state index contributed by atoms with van der Waals surface area (Å²) in [4.78, 5) is 12.0. The molecule has 0 saturated heterocycles. The Kier molecular flexibility index (Phi) is 5.77. The Hall–Kier alpha value is -2.33. The first-order chi connectivity index (χ1) is 11.0. The number of ether oxygens (including phenoxy) is 1. The molecule has 0 saturated carbocycles. The summed E-state index contributed by atoms with van der Waals surface area (Å²) in [5.74, 6) is 0.774. The zero-order chi connectivity index (χ0) is 16.7. The number of hydrogen-bond donors (Lipinski definition) is 2. The molecule has 0 radical (unpaired) electrons. The molecule has 0 aliphatic rings. The molecule has 23 heavy (non-hydrogen) atoms. The number of benzene rings is 2. The Morgan fingerprint density at radius 2 is 1.70 bits per heavy atom. The second-order valence-electron chi connectivity index (χ2n) is 6.19. The second-order valence-corrected chi connectivity index (χ2v) is 6.19. The van der Waals surface area contributed by atoms with Crippen molar-refractivity contribution >= 4 is 5.91 Å². The third kappa shape index (κ3) is 5.11. The van der Waals surface area contributed by atoms with Crippen molar-refractivity contribution < 1.29 is 9.53 Å². The van der Waals surface area contributed by atoms with Crippen molar-refractivity contribution in [3.8, 4) is 5.75 Å². The van der Waals surface area contributed by atoms with Crippen LogP contribution in [-0.2, 0) is 17.9 Å². The zero-order valence-corrected chi connectivity index (χ0v) is 13.7. The molecule has 2 rings (SSSR count). The van der Waals surface area contributed by atoms with E-state index in [9.17, 15) is 4.79 Å². The smallest absolute Gasteiger partial charge is 0.227 e. The molecule has 0 fully saturated rings. The maximum absolute atomic E-state index is 12.0. The standard InChI is InChI=1S/C19H24N2O2/c1-19(2,14-20)18(22)21-12-15-8-10-17(11-9-15)23-13-16-6-4-3-5-7-16/h3-11H,12-14,20H2,1-2H3,(H,21,22). The predicted molar refractivity (Wildman–Crippen MR) is 91.9 cm³/mol. The molecule has 4 nitrogen and oxygen atoms in total. The summed E-state index contributed by atoms with van der Waals surface area (Å²) in [5.41, 5.74) is 7.22. The van der Waals surface area contributed by atoms with Gasteiger partial charge in [-0.05, 0) is 37.1 Å². The highest BCUT2D eigenvalue weighted by atomic mass is 16.5. The maximum atomic E-state index is 12.0. The molecule has 0 atom stereocenters. The Bertz CT molecular complexity index is 622. The molecule has 4 heteroatoms. The first kappa shape index (κ1) is 17.0. The molecule has 0 heterocycles. The lowest BCUT2D eigenvalue weighted by Crippen LogP contribution is -2.41. The van der Waals surface area contributed by atoms with Crippen molar-refractivity contribution in [2.24, 2.45) is 11.1 Å². The van der Waals surface area contributed by atoms with E-state index < -0.39 is 5.41 Å². The molecule has 1 amide bonds. The van der Waals surface area contributed by atoms with Gasteiger partial charge in [-0.25, -0.2) is 0 Å². The molecule has 0 aromatic heterocycles. The number of nitrogens with two attached hydrogens (primary N) is 1. The highest BCUT2D eigenvalue weighted by Gasteiger charge is 2.25. The predicted octanol–water partition coefficient (Wildman–Crippen LogP) is 2.87. The van der Waals surface area contributed by atoms with Crippen molar-refractivity contribution in [2.45, 2.75) is 27.0 Å². The van der Waals surface area contributed by atoms with Gasteiger partial charge in [0.2, 0.25) is 5.91 Å². The van der Waals surface area contributed by atoms with E-state index in [2.05, 4.69) is 5.32 Å². The van der Waals surface area contributed by atoms with Crippen LogP contribution < -0.4 is 15.8 Å². The lowest BCUT2D eigenvalue weighted by atomic mass is 9.92. The van der Waals surface area contributed by atoms with Gasteiger partial charge in [0.15, 0.2) is 0 Å². The van der Waals surface area contributed by atoms with E-state index >= 15 is 0 Å². The number of amides is 1. The normalized spacial score (nSPS) is 11.1. The van der Waals surface area contributed by atoms with Gasteiger partial charge in [-0.15, -0.1) is 0 Å². The molecular formula is C19H24N2O2. The SMILES string of the molecule is CC(C)(CN)C(=O)NCc1ccc(OCc2ccccc2)cc1. The van der Waals surface area contributed by atoms with E-state index in [0.29, 0.717) is 19.7 Å². The van der Waals surface area contributed by atoms with Crippen molar-refractivity contribution in [1.29, 1.82) is 0 Å². The van der Waals surface area contributed by atoms with Gasteiger partial charge in [0.05, 0.1) is 5.41 Å². The summed E-state index contributed by atoms with van der Waals surface area (Å²) in [6.07, 6.45) is 0. The minimum atomic E-state index is -0.543. The molecule has 0 bridgehead atoms. The van der Waals surface area contributed by atoms with E-state index in [4.69, 9.17) is 10.5 Å². The Labute approximate surface area is 137 Å². The highest BCUT2D eigenvalue weighted by Crippen LogP contribution is 2.16. The molecule has 0 aliphatic carbocycles. The third-order valence-corrected chi connectivity index (χ3v) is 3.75. The van der Waals surface area contributed by atoms with Gasteiger partial charge in [0.1, 0.15) is 12.4 Å². The summed E-state index contributed by atoms with van der Waals surface area (Å²) in [6.45, 7) is 5.03. The van der Waals surface area contributed by atoms with Crippen molar-refractivity contribution in [3.05, 3.63) is 65.7 Å². The van der Waals surface area contributed by atoms with Crippen LogP contribution in [0.3, 0.4) is 0 Å². The molecule has 2 aromatic rings. The number of carbonyl (C=O) groups is 1. The molecule has 0 spiro atoms. The zero-order valence-electron chi connectivity index (χ0n) is 13.7. The molecule has 0 aliphatic heterocycles. The van der Waals surface area contributed by atoms with E-state index in [-0.39, 0.29) is 5.91 Å². The fraction of sp³-hybridized carbons (Fsp3) is 0.316. The fourth-order valence-electron chi connectivity index (χ4n) is 1.96. The highest BCUT2D eigenvalue weighted by molar-refractivity contribution is 5.82. The van der Waals surface area contributed by atoms with Crippen LogP contribution in [-0.4, -0.2) is 12.5 Å². The van der Waals surface area contributed by atoms with Gasteiger partial charge in [-0.3, -0.25) is 4.79 Å². The minimum Gasteiger partial charge on any atom is -0.489 e. The van der Waals surface area contributed by atoms with Gasteiger partial charge in [-0.1, -0.05) is 42.5 Å². The van der Waals surface area contributed by atoms with Crippen LogP contribution in [0.25, 0.3) is 0 Å². The third-order valence-electron chi connectivity index (χ3n) is 3.75. The van der Waals surface area contributed by atoms with E-state index in [1.54, 1.807) is 0 Å². The van der Waals surface area contributed by atoms with Gasteiger partial charge in [-0.2, -0.15) is 0 Å². The average molecular weight is 312 g/mol. The van der Waals surface area contributed by atoms with Crippen LogP contribution in [0, 0.1) is 5.41 Å². The van der Waals surface area contributed by atoms with Crippen molar-refractivity contribution in [2.75, 3.05) is 6.54 Å². The lowest BCUT2D eigenvalue weighted by Gasteiger charge is -2.21. The maximum Gasteiger partial charge on any atom is 0.227 e. The number of nitrogens with one attached hydrogen (secondary N) is 1. The molecule has 3 N–H and O–H groups in total. The summed E-state index contributed by atoms with van der Waals surface area (Å²) in [5, 5.41) is 2.91. The van der Waals surface area contributed by atoms with Gasteiger partial charge < -0.3 is 15.8 Å². The summed E-state index contributed by atoms with van der Waals surface area (Å²) < 4.78 is 5.74. The topological polar surface area (TPSA) is 64.4 Å². The quantitative estimate of drug-likeness (QED) is 0.826. The Morgan fingerprint density at radius 3 is 2.30 bits per heavy atom. The summed E-state index contributed by atoms with van der Waals surface area (Å²) >= 11 is 0. The van der Waals surface area contributed by atoms with Gasteiger partial charge in [0.25, 0.3) is 0 Å². The summed E-state index contributed by atoms with van der Waals surface area (Å²) in [7, 11) is 0. The minimum absolute atomic E-state index is 0.0376. The van der Waals surface area contributed by atoms with Crippen LogP contribution in [0.4, 0.5) is 0 Å². The number of hydrogen-bond acceptors (Lipinski definition) is 3. The lowest BCUT2D eigenvalue weighted by molar-refractivity contribution is -0.129. The van der Waals surface area contributed by atoms with Crippen molar-refractivity contribution in [1.82, 2.24) is 5.32 Å². The van der Waals surface area contributed by atoms with Crippen LogP contribution in [0.15, 0.2) is 54.6 Å². The number of rotatable bonds is 7. The van der Waals surface area contributed by atoms with Crippen LogP contribution in [0.1, 0.15) is 25.0 Å². The second kappa shape index (κ2) is 7.79. The molecular weight excluding hydrogens is 288 g/mol. The molecule has 0 unspecified atom stereocenters. The average Bonchev–Trinajstić information content (AvgIpc) is 2.59. The van der Waals surface area contributed by atoms with Crippen LogP contribution in [0.2, 0.25) is 0 Å². The first-order valence-corrected chi connectivity index (χ1v) is 7.75. The van der Waals surface area contributed by atoms with Gasteiger partial charge in [0, 0.05) is 13.1 Å². The van der Waals surface area contributed by atoms with Crippen LogP contribution >= 0.6 is 0 Å². The monoisotopic (exact) mass is 312 g/mol. The molecule has 2 aromatic carbocycles. The van der Waals surface area contributed by atoms with Gasteiger partial charge >= 0.3 is 0 Å². The molecule has 122 valence electrons. The Balaban J connectivity index is 1.84. The summed E-state index contributed by atoms with van der Waals surface area (Å²) in [6, 6.07) is 17.8. The number of carbonyl (C=O) groups excluding carboxylic acids is 1. The first-order valence-electron chi connectivity index (χ1n) is 7.75. The van der Waals surface area contributed by atoms with E-state index in [1.165, 1.54) is 0 Å². The van der Waals surface area contributed by atoms with Crippen molar-refractivity contribution in [3.63, 3.8) is 0 Å². The van der Waals surface area contributed by atoms with Crippen LogP contribution in [0.5, 0.6) is 5.75 Å². The largest absolute Gasteiger partial charge is 0.489 e.